The second-order valence-electron chi connectivity index (χ2n) is 3.90. The van der Waals surface area contributed by atoms with E-state index in [-0.39, 0.29) is 17.7 Å². The summed E-state index contributed by atoms with van der Waals surface area (Å²) in [6, 6.07) is 3.52. The van der Waals surface area contributed by atoms with E-state index in [2.05, 4.69) is 16.9 Å². The number of hydrogen-bond acceptors (Lipinski definition) is 3. The van der Waals surface area contributed by atoms with Gasteiger partial charge >= 0.3 is 0 Å². The Bertz CT molecular complexity index is 426. The number of thiophene rings is 1. The summed E-state index contributed by atoms with van der Waals surface area (Å²) in [6.45, 7) is 0. The van der Waals surface area contributed by atoms with Crippen LogP contribution in [-0.4, -0.2) is 11.8 Å². The molecule has 5 heteroatoms. The van der Waals surface area contributed by atoms with Gasteiger partial charge in [-0.05, 0) is 30.7 Å². The van der Waals surface area contributed by atoms with Gasteiger partial charge in [0.2, 0.25) is 5.91 Å². The van der Waals surface area contributed by atoms with Crippen LogP contribution >= 0.6 is 11.3 Å². The Hall–Kier alpha value is -1.62. The number of hydrogen-bond donors (Lipinski definition) is 2. The van der Waals surface area contributed by atoms with Crippen molar-refractivity contribution in [2.75, 3.05) is 0 Å². The van der Waals surface area contributed by atoms with Crippen molar-refractivity contribution in [3.63, 3.8) is 0 Å². The van der Waals surface area contributed by atoms with Gasteiger partial charge in [0.1, 0.15) is 0 Å². The third kappa shape index (κ3) is 3.17. The number of rotatable bonds is 2. The molecule has 1 heterocycles. The third-order valence-corrected chi connectivity index (χ3v) is 3.55. The van der Waals surface area contributed by atoms with Crippen molar-refractivity contribution in [1.29, 1.82) is 0 Å². The Kier molecular flexibility index (Phi) is 3.93. The Morgan fingerprint density at radius 2 is 2.18 bits per heavy atom. The lowest BCUT2D eigenvalue weighted by molar-refractivity contribution is -0.126. The molecule has 0 bridgehead atoms. The molecule has 2 N–H and O–H groups in total. The summed E-state index contributed by atoms with van der Waals surface area (Å²) in [6.07, 6.45) is 6.61. The normalized spacial score (nSPS) is 18.7. The van der Waals surface area contributed by atoms with Gasteiger partial charge in [-0.25, -0.2) is 0 Å². The van der Waals surface area contributed by atoms with Crippen LogP contribution in [0.1, 0.15) is 28.9 Å². The van der Waals surface area contributed by atoms with Crippen molar-refractivity contribution in [2.45, 2.75) is 19.3 Å². The van der Waals surface area contributed by atoms with Gasteiger partial charge in [-0.1, -0.05) is 18.2 Å². The van der Waals surface area contributed by atoms with Crippen molar-refractivity contribution < 1.29 is 9.59 Å². The predicted octanol–water partition coefficient (Wildman–Crippen LogP) is 1.87. The van der Waals surface area contributed by atoms with Gasteiger partial charge in [0, 0.05) is 5.92 Å². The monoisotopic (exact) mass is 250 g/mol. The van der Waals surface area contributed by atoms with Gasteiger partial charge in [-0.2, -0.15) is 0 Å². The summed E-state index contributed by atoms with van der Waals surface area (Å²) in [5, 5.41) is 1.82. The van der Waals surface area contributed by atoms with Crippen LogP contribution in [0, 0.1) is 5.92 Å². The molecular formula is C12H14N2O2S. The minimum absolute atomic E-state index is 0.0244. The Morgan fingerprint density at radius 3 is 2.82 bits per heavy atom. The largest absolute Gasteiger partial charge is 0.279 e. The number of carbonyl (C=O) groups excluding carboxylic acids is 2. The van der Waals surface area contributed by atoms with Crippen molar-refractivity contribution in [3.8, 4) is 0 Å². The fourth-order valence-electron chi connectivity index (χ4n) is 1.72. The fraction of sp³-hybridized carbons (Fsp3) is 0.333. The molecule has 0 aromatic carbocycles. The highest BCUT2D eigenvalue weighted by atomic mass is 32.1. The molecule has 1 aromatic rings. The second kappa shape index (κ2) is 5.63. The minimum atomic E-state index is -0.264. The fourth-order valence-corrected chi connectivity index (χ4v) is 2.34. The minimum Gasteiger partial charge on any atom is -0.273 e. The van der Waals surface area contributed by atoms with Crippen LogP contribution in [-0.2, 0) is 4.79 Å². The molecule has 0 spiro atoms. The van der Waals surface area contributed by atoms with E-state index in [4.69, 9.17) is 0 Å². The quantitative estimate of drug-likeness (QED) is 0.622. The molecule has 0 aliphatic heterocycles. The summed E-state index contributed by atoms with van der Waals surface area (Å²) in [5.41, 5.74) is 4.90. The average Bonchev–Trinajstić information content (AvgIpc) is 2.90. The summed E-state index contributed by atoms with van der Waals surface area (Å²) in [5.74, 6) is -0.400. The Morgan fingerprint density at radius 1 is 1.29 bits per heavy atom. The van der Waals surface area contributed by atoms with Crippen LogP contribution in [0.4, 0.5) is 0 Å². The molecule has 17 heavy (non-hydrogen) atoms. The molecule has 4 nitrogen and oxygen atoms in total. The summed E-state index contributed by atoms with van der Waals surface area (Å²) >= 11 is 1.34. The maximum Gasteiger partial charge on any atom is 0.279 e. The number of nitrogens with one attached hydrogen (secondary N) is 2. The van der Waals surface area contributed by atoms with Crippen LogP contribution in [0.2, 0.25) is 0 Å². The zero-order valence-electron chi connectivity index (χ0n) is 9.31. The smallest absolute Gasteiger partial charge is 0.273 e. The van der Waals surface area contributed by atoms with Gasteiger partial charge in [0.25, 0.3) is 5.91 Å². The van der Waals surface area contributed by atoms with Crippen LogP contribution < -0.4 is 10.9 Å². The van der Waals surface area contributed by atoms with Crippen molar-refractivity contribution in [1.82, 2.24) is 10.9 Å². The zero-order valence-corrected chi connectivity index (χ0v) is 10.1. The molecule has 90 valence electrons. The molecule has 2 amide bonds. The molecule has 0 saturated heterocycles. The molecule has 1 unspecified atom stereocenters. The maximum absolute atomic E-state index is 11.7. The highest BCUT2D eigenvalue weighted by Crippen LogP contribution is 2.17. The summed E-state index contributed by atoms with van der Waals surface area (Å²) < 4.78 is 0. The molecule has 0 fully saturated rings. The summed E-state index contributed by atoms with van der Waals surface area (Å²) in [4.78, 5) is 23.9. The van der Waals surface area contributed by atoms with E-state index in [0.29, 0.717) is 4.88 Å². The van der Waals surface area contributed by atoms with E-state index in [1.807, 2.05) is 11.5 Å². The van der Waals surface area contributed by atoms with E-state index in [9.17, 15) is 9.59 Å². The number of carbonyl (C=O) groups is 2. The molecule has 1 aromatic heterocycles. The lowest BCUT2D eigenvalue weighted by Gasteiger charge is -2.17. The van der Waals surface area contributed by atoms with Gasteiger partial charge in [0.05, 0.1) is 4.88 Å². The standard InChI is InChI=1S/C12H14N2O2S/c15-11(9-5-2-1-3-6-9)13-14-12(16)10-7-4-8-17-10/h1-2,4,7-9H,3,5-6H2,(H,13,15)(H,14,16). The highest BCUT2D eigenvalue weighted by molar-refractivity contribution is 7.12. The lowest BCUT2D eigenvalue weighted by Crippen LogP contribution is -2.44. The maximum atomic E-state index is 11.7. The van der Waals surface area contributed by atoms with E-state index in [1.165, 1.54) is 11.3 Å². The van der Waals surface area contributed by atoms with Gasteiger partial charge in [0.15, 0.2) is 0 Å². The molecule has 2 rings (SSSR count). The molecule has 1 atom stereocenters. The summed E-state index contributed by atoms with van der Waals surface area (Å²) in [7, 11) is 0. The average molecular weight is 250 g/mol. The van der Waals surface area contributed by atoms with Crippen LogP contribution in [0.25, 0.3) is 0 Å². The third-order valence-electron chi connectivity index (χ3n) is 2.68. The topological polar surface area (TPSA) is 58.2 Å². The molecule has 0 radical (unpaired) electrons. The molecular weight excluding hydrogens is 236 g/mol. The van der Waals surface area contributed by atoms with Crippen molar-refractivity contribution >= 4 is 23.2 Å². The first-order valence-electron chi connectivity index (χ1n) is 5.56. The van der Waals surface area contributed by atoms with E-state index >= 15 is 0 Å². The Balaban J connectivity index is 1.80. The van der Waals surface area contributed by atoms with E-state index in [1.54, 1.807) is 12.1 Å². The van der Waals surface area contributed by atoms with Crippen LogP contribution in [0.15, 0.2) is 29.7 Å². The van der Waals surface area contributed by atoms with Gasteiger partial charge in [-0.15, -0.1) is 11.3 Å². The highest BCUT2D eigenvalue weighted by Gasteiger charge is 2.19. The first kappa shape index (κ1) is 11.9. The van der Waals surface area contributed by atoms with Crippen molar-refractivity contribution in [3.05, 3.63) is 34.5 Å². The zero-order chi connectivity index (χ0) is 12.1. The molecule has 1 aliphatic rings. The second-order valence-corrected chi connectivity index (χ2v) is 4.85. The SMILES string of the molecule is O=C(NNC(=O)C1CC=CCC1)c1cccs1. The Labute approximate surface area is 104 Å². The van der Waals surface area contributed by atoms with Crippen molar-refractivity contribution in [2.24, 2.45) is 5.92 Å². The number of amides is 2. The van der Waals surface area contributed by atoms with Crippen LogP contribution in [0.5, 0.6) is 0 Å². The van der Waals surface area contributed by atoms with E-state index < -0.39 is 0 Å². The first-order valence-corrected chi connectivity index (χ1v) is 6.44. The first-order chi connectivity index (χ1) is 8.27. The number of allylic oxidation sites excluding steroid dienone is 2. The predicted molar refractivity (Wildman–Crippen MR) is 66.4 cm³/mol. The molecule has 1 aliphatic carbocycles. The van der Waals surface area contributed by atoms with E-state index in [0.717, 1.165) is 19.3 Å². The van der Waals surface area contributed by atoms with Gasteiger partial charge < -0.3 is 0 Å². The lowest BCUT2D eigenvalue weighted by atomic mass is 9.94. The van der Waals surface area contributed by atoms with Crippen LogP contribution in [0.3, 0.4) is 0 Å². The van der Waals surface area contributed by atoms with Gasteiger partial charge in [-0.3, -0.25) is 20.4 Å². The molecule has 0 saturated carbocycles. The number of hydrazine groups is 1.